The molecule has 0 aliphatic carbocycles. The highest BCUT2D eigenvalue weighted by molar-refractivity contribution is 7.92. The number of nitrogens with two attached hydrogens (primary N) is 1. The van der Waals surface area contributed by atoms with Gasteiger partial charge < -0.3 is 5.73 Å². The third-order valence-corrected chi connectivity index (χ3v) is 2.99. The minimum atomic E-state index is -3.45. The van der Waals surface area contributed by atoms with Crippen LogP contribution in [0.2, 0.25) is 0 Å². The zero-order valence-electron chi connectivity index (χ0n) is 8.56. The largest absolute Gasteiger partial charge is 0.329 e. The number of rotatable bonds is 4. The predicted molar refractivity (Wildman–Crippen MR) is 55.8 cm³/mol. The van der Waals surface area contributed by atoms with Crippen LogP contribution in [0.15, 0.2) is 0 Å². The fraction of sp³-hybridized carbons (Fsp3) is 0.571. The molecular weight excluding hydrogens is 218 g/mol. The number of aryl methyl sites for hydroxylation is 2. The number of aromatic nitrogens is 3. The summed E-state index contributed by atoms with van der Waals surface area (Å²) in [4.78, 5) is 3.94. The van der Waals surface area contributed by atoms with Crippen molar-refractivity contribution in [3.8, 4) is 0 Å². The molecule has 1 rings (SSSR count). The highest BCUT2D eigenvalue weighted by atomic mass is 32.2. The maximum absolute atomic E-state index is 11.3. The summed E-state index contributed by atoms with van der Waals surface area (Å²) in [6.45, 7) is 3.52. The molecule has 0 amide bonds. The van der Waals surface area contributed by atoms with Gasteiger partial charge in [0.2, 0.25) is 10.0 Å². The van der Waals surface area contributed by atoms with Crippen molar-refractivity contribution in [3.63, 3.8) is 0 Å². The van der Waals surface area contributed by atoms with Gasteiger partial charge in [0.1, 0.15) is 0 Å². The Kier molecular flexibility index (Phi) is 3.53. The van der Waals surface area contributed by atoms with Gasteiger partial charge in [0.15, 0.2) is 0 Å². The Hall–Kier alpha value is -1.28. The molecule has 0 bridgehead atoms. The Labute approximate surface area is 88.2 Å². The molecule has 0 unspecified atom stereocenters. The van der Waals surface area contributed by atoms with E-state index < -0.39 is 10.0 Å². The SMILES string of the molecule is Cc1nnc(NS(=O)(=O)CCN)nc1C. The summed E-state index contributed by atoms with van der Waals surface area (Å²) in [6.07, 6.45) is 0. The topological polar surface area (TPSA) is 111 Å². The summed E-state index contributed by atoms with van der Waals surface area (Å²) in [5.41, 5.74) is 6.45. The summed E-state index contributed by atoms with van der Waals surface area (Å²) in [5, 5.41) is 7.37. The van der Waals surface area contributed by atoms with Crippen molar-refractivity contribution in [1.29, 1.82) is 0 Å². The molecule has 8 heteroatoms. The summed E-state index contributed by atoms with van der Waals surface area (Å²) in [6, 6.07) is 0. The van der Waals surface area contributed by atoms with Crippen LogP contribution in [0, 0.1) is 13.8 Å². The van der Waals surface area contributed by atoms with Gasteiger partial charge in [-0.2, -0.15) is 5.10 Å². The maximum atomic E-state index is 11.3. The lowest BCUT2D eigenvalue weighted by Crippen LogP contribution is -2.23. The Balaban J connectivity index is 2.86. The van der Waals surface area contributed by atoms with Crippen molar-refractivity contribution in [3.05, 3.63) is 11.4 Å². The number of sulfonamides is 1. The molecule has 15 heavy (non-hydrogen) atoms. The van der Waals surface area contributed by atoms with Crippen LogP contribution in [0.5, 0.6) is 0 Å². The maximum Gasteiger partial charge on any atom is 0.256 e. The summed E-state index contributed by atoms with van der Waals surface area (Å²) in [5.74, 6) is -0.185. The molecule has 0 aromatic carbocycles. The van der Waals surface area contributed by atoms with Gasteiger partial charge in [-0.3, -0.25) is 0 Å². The number of hydrogen-bond donors (Lipinski definition) is 2. The van der Waals surface area contributed by atoms with Gasteiger partial charge in [0.25, 0.3) is 5.95 Å². The van der Waals surface area contributed by atoms with E-state index >= 15 is 0 Å². The Morgan fingerprint density at radius 2 is 1.93 bits per heavy atom. The van der Waals surface area contributed by atoms with Gasteiger partial charge in [0, 0.05) is 6.54 Å². The van der Waals surface area contributed by atoms with E-state index in [9.17, 15) is 8.42 Å². The second-order valence-corrected chi connectivity index (χ2v) is 4.86. The molecule has 1 aromatic heterocycles. The first kappa shape index (κ1) is 11.8. The molecule has 0 saturated heterocycles. The third-order valence-electron chi connectivity index (χ3n) is 1.73. The van der Waals surface area contributed by atoms with Crippen molar-refractivity contribution in [2.45, 2.75) is 13.8 Å². The van der Waals surface area contributed by atoms with Crippen LogP contribution in [-0.2, 0) is 10.0 Å². The number of anilines is 1. The van der Waals surface area contributed by atoms with Crippen LogP contribution in [0.1, 0.15) is 11.4 Å². The fourth-order valence-electron chi connectivity index (χ4n) is 0.845. The quantitative estimate of drug-likeness (QED) is 0.701. The lowest BCUT2D eigenvalue weighted by molar-refractivity contribution is 0.600. The van der Waals surface area contributed by atoms with Gasteiger partial charge >= 0.3 is 0 Å². The standard InChI is InChI=1S/C7H13N5O2S/c1-5-6(2)10-11-7(9-5)12-15(13,14)4-3-8/h3-4,8H2,1-2H3,(H,9,11,12). The first-order valence-electron chi connectivity index (χ1n) is 4.33. The van der Waals surface area contributed by atoms with E-state index in [1.165, 1.54) is 0 Å². The van der Waals surface area contributed by atoms with E-state index in [0.29, 0.717) is 11.4 Å². The van der Waals surface area contributed by atoms with Crippen LogP contribution in [0.25, 0.3) is 0 Å². The van der Waals surface area contributed by atoms with E-state index in [4.69, 9.17) is 5.73 Å². The lowest BCUT2D eigenvalue weighted by atomic mass is 10.4. The van der Waals surface area contributed by atoms with E-state index in [0.717, 1.165) is 0 Å². The predicted octanol–water partition coefficient (Wildman–Crippen LogP) is -0.811. The molecule has 0 saturated carbocycles. The van der Waals surface area contributed by atoms with Crippen LogP contribution in [0.3, 0.4) is 0 Å². The Morgan fingerprint density at radius 1 is 1.27 bits per heavy atom. The Morgan fingerprint density at radius 3 is 2.47 bits per heavy atom. The van der Waals surface area contributed by atoms with Gasteiger partial charge in [0.05, 0.1) is 17.1 Å². The van der Waals surface area contributed by atoms with E-state index in [-0.39, 0.29) is 18.2 Å². The van der Waals surface area contributed by atoms with Crippen LogP contribution < -0.4 is 10.5 Å². The van der Waals surface area contributed by atoms with Crippen molar-refractivity contribution in [2.75, 3.05) is 17.0 Å². The normalized spacial score (nSPS) is 11.4. The molecule has 0 radical (unpaired) electrons. The molecule has 0 aliphatic heterocycles. The smallest absolute Gasteiger partial charge is 0.256 e. The second-order valence-electron chi connectivity index (χ2n) is 3.02. The summed E-state index contributed by atoms with van der Waals surface area (Å²) < 4.78 is 24.8. The fourth-order valence-corrected chi connectivity index (χ4v) is 1.62. The number of hydrogen-bond acceptors (Lipinski definition) is 6. The zero-order valence-corrected chi connectivity index (χ0v) is 9.37. The van der Waals surface area contributed by atoms with Crippen molar-refractivity contribution in [2.24, 2.45) is 5.73 Å². The first-order valence-corrected chi connectivity index (χ1v) is 5.98. The van der Waals surface area contributed by atoms with Crippen molar-refractivity contribution in [1.82, 2.24) is 15.2 Å². The van der Waals surface area contributed by atoms with Crippen molar-refractivity contribution < 1.29 is 8.42 Å². The molecule has 3 N–H and O–H groups in total. The highest BCUT2D eigenvalue weighted by Crippen LogP contribution is 2.03. The first-order chi connectivity index (χ1) is 6.94. The summed E-state index contributed by atoms with van der Waals surface area (Å²) in [7, 11) is -3.45. The highest BCUT2D eigenvalue weighted by Gasteiger charge is 2.11. The Bertz CT molecular complexity index is 445. The monoisotopic (exact) mass is 231 g/mol. The molecule has 0 spiro atoms. The van der Waals surface area contributed by atoms with Gasteiger partial charge in [-0.15, -0.1) is 5.10 Å². The van der Waals surface area contributed by atoms with Gasteiger partial charge in [-0.1, -0.05) is 0 Å². The van der Waals surface area contributed by atoms with E-state index in [1.807, 2.05) is 0 Å². The minimum Gasteiger partial charge on any atom is -0.329 e. The van der Waals surface area contributed by atoms with Crippen LogP contribution in [0.4, 0.5) is 5.95 Å². The third kappa shape index (κ3) is 3.40. The molecule has 1 aromatic rings. The molecule has 0 aliphatic rings. The van der Waals surface area contributed by atoms with Gasteiger partial charge in [-0.25, -0.2) is 18.1 Å². The number of nitrogens with zero attached hydrogens (tertiary/aromatic N) is 3. The average Bonchev–Trinajstić information content (AvgIpc) is 2.10. The second kappa shape index (κ2) is 4.49. The molecule has 7 nitrogen and oxygen atoms in total. The van der Waals surface area contributed by atoms with Crippen LogP contribution >= 0.6 is 0 Å². The molecular formula is C7H13N5O2S. The van der Waals surface area contributed by atoms with Crippen molar-refractivity contribution >= 4 is 16.0 Å². The van der Waals surface area contributed by atoms with E-state index in [2.05, 4.69) is 19.9 Å². The number of nitrogens with one attached hydrogen (secondary N) is 1. The minimum absolute atomic E-state index is 0.0217. The molecule has 84 valence electrons. The molecule has 0 fully saturated rings. The molecule has 0 atom stereocenters. The van der Waals surface area contributed by atoms with Crippen LogP contribution in [-0.4, -0.2) is 35.9 Å². The summed E-state index contributed by atoms with van der Waals surface area (Å²) >= 11 is 0. The zero-order chi connectivity index (χ0) is 11.5. The lowest BCUT2D eigenvalue weighted by Gasteiger charge is -2.05. The molecule has 1 heterocycles. The average molecular weight is 231 g/mol. The van der Waals surface area contributed by atoms with E-state index in [1.54, 1.807) is 13.8 Å². The van der Waals surface area contributed by atoms with Gasteiger partial charge in [-0.05, 0) is 13.8 Å².